The van der Waals surface area contributed by atoms with Gasteiger partial charge in [0.05, 0.1) is 14.2 Å². The maximum absolute atomic E-state index is 5.30. The summed E-state index contributed by atoms with van der Waals surface area (Å²) in [5, 5.41) is 3.44. The minimum Gasteiger partial charge on any atom is -0.493 e. The van der Waals surface area contributed by atoms with E-state index >= 15 is 0 Å². The van der Waals surface area contributed by atoms with Gasteiger partial charge in [-0.05, 0) is 19.2 Å². The molecule has 112 valence electrons. The first-order valence-corrected chi connectivity index (χ1v) is 7.09. The second kappa shape index (κ2) is 7.36. The third kappa shape index (κ3) is 4.02. The highest BCUT2D eigenvalue weighted by Crippen LogP contribution is 2.29. The third-order valence-corrected chi connectivity index (χ3v) is 3.74. The van der Waals surface area contributed by atoms with Gasteiger partial charge < -0.3 is 19.7 Å². The zero-order valence-corrected chi connectivity index (χ0v) is 12.7. The molecule has 0 unspecified atom stereocenters. The summed E-state index contributed by atoms with van der Waals surface area (Å²) in [6.07, 6.45) is 0. The molecule has 0 atom stereocenters. The fourth-order valence-electron chi connectivity index (χ4n) is 2.38. The van der Waals surface area contributed by atoms with Gasteiger partial charge in [0.15, 0.2) is 11.5 Å². The monoisotopic (exact) mass is 279 g/mol. The van der Waals surface area contributed by atoms with E-state index < -0.39 is 0 Å². The smallest absolute Gasteiger partial charge is 0.162 e. The standard InChI is InChI=1S/C15H25N3O2/c1-17-8-10-18(11-9-17)7-6-16-13-4-5-14(19-2)15(12-13)20-3/h4-5,12,16H,6-11H2,1-3H3. The van der Waals surface area contributed by atoms with Crippen LogP contribution >= 0.6 is 0 Å². The number of anilines is 1. The fourth-order valence-corrected chi connectivity index (χ4v) is 2.38. The van der Waals surface area contributed by atoms with Crippen LogP contribution in [-0.4, -0.2) is 70.3 Å². The van der Waals surface area contributed by atoms with E-state index in [1.165, 1.54) is 0 Å². The van der Waals surface area contributed by atoms with Crippen molar-refractivity contribution in [2.24, 2.45) is 0 Å². The molecular weight excluding hydrogens is 254 g/mol. The van der Waals surface area contributed by atoms with Crippen molar-refractivity contribution >= 4 is 5.69 Å². The first kappa shape index (κ1) is 14.9. The summed E-state index contributed by atoms with van der Waals surface area (Å²) in [6, 6.07) is 5.92. The molecular formula is C15H25N3O2. The number of hydrogen-bond acceptors (Lipinski definition) is 5. The lowest BCUT2D eigenvalue weighted by molar-refractivity contribution is 0.158. The van der Waals surface area contributed by atoms with Gasteiger partial charge in [-0.25, -0.2) is 0 Å². The topological polar surface area (TPSA) is 37.0 Å². The summed E-state index contributed by atoms with van der Waals surface area (Å²) < 4.78 is 10.5. The van der Waals surface area contributed by atoms with Crippen LogP contribution in [0, 0.1) is 0 Å². The number of piperazine rings is 1. The van der Waals surface area contributed by atoms with Crippen LogP contribution in [0.5, 0.6) is 11.5 Å². The van der Waals surface area contributed by atoms with Crippen molar-refractivity contribution < 1.29 is 9.47 Å². The normalized spacial score (nSPS) is 16.9. The molecule has 1 saturated heterocycles. The van der Waals surface area contributed by atoms with Crippen molar-refractivity contribution in [3.8, 4) is 11.5 Å². The average molecular weight is 279 g/mol. The fraction of sp³-hybridized carbons (Fsp3) is 0.600. The van der Waals surface area contributed by atoms with Gasteiger partial charge in [0.2, 0.25) is 0 Å². The number of nitrogens with zero attached hydrogens (tertiary/aromatic N) is 2. The molecule has 1 fully saturated rings. The number of likely N-dealkylation sites (N-methyl/N-ethyl adjacent to an activating group) is 1. The molecule has 0 radical (unpaired) electrons. The van der Waals surface area contributed by atoms with E-state index in [9.17, 15) is 0 Å². The molecule has 0 bridgehead atoms. The lowest BCUT2D eigenvalue weighted by Gasteiger charge is -2.32. The van der Waals surface area contributed by atoms with Crippen LogP contribution in [0.3, 0.4) is 0 Å². The molecule has 0 amide bonds. The Morgan fingerprint density at radius 3 is 2.40 bits per heavy atom. The molecule has 1 heterocycles. The van der Waals surface area contributed by atoms with Crippen LogP contribution in [0.1, 0.15) is 0 Å². The molecule has 0 aliphatic carbocycles. The molecule has 5 heteroatoms. The van der Waals surface area contributed by atoms with Gasteiger partial charge in [0.25, 0.3) is 0 Å². The number of benzene rings is 1. The Kier molecular flexibility index (Phi) is 5.49. The summed E-state index contributed by atoms with van der Waals surface area (Å²) >= 11 is 0. The quantitative estimate of drug-likeness (QED) is 0.851. The molecule has 1 aromatic rings. The number of nitrogens with one attached hydrogen (secondary N) is 1. The second-order valence-corrected chi connectivity index (χ2v) is 5.14. The number of methoxy groups -OCH3 is 2. The summed E-state index contributed by atoms with van der Waals surface area (Å²) in [7, 11) is 5.49. The van der Waals surface area contributed by atoms with Crippen molar-refractivity contribution in [2.75, 3.05) is 65.9 Å². The molecule has 20 heavy (non-hydrogen) atoms. The zero-order valence-electron chi connectivity index (χ0n) is 12.7. The summed E-state index contributed by atoms with van der Waals surface area (Å²) in [6.45, 7) is 6.66. The zero-order chi connectivity index (χ0) is 14.4. The molecule has 1 aliphatic heterocycles. The summed E-state index contributed by atoms with van der Waals surface area (Å²) in [4.78, 5) is 4.87. The molecule has 0 spiro atoms. The number of rotatable bonds is 6. The van der Waals surface area contributed by atoms with Crippen LogP contribution in [-0.2, 0) is 0 Å². The highest BCUT2D eigenvalue weighted by Gasteiger charge is 2.12. The van der Waals surface area contributed by atoms with Crippen LogP contribution in [0.25, 0.3) is 0 Å². The minimum atomic E-state index is 0.761. The Bertz CT molecular complexity index is 418. The molecule has 5 nitrogen and oxygen atoms in total. The van der Waals surface area contributed by atoms with Gasteiger partial charge in [-0.15, -0.1) is 0 Å². The Balaban J connectivity index is 1.79. The first-order valence-electron chi connectivity index (χ1n) is 7.09. The van der Waals surface area contributed by atoms with E-state index in [-0.39, 0.29) is 0 Å². The predicted molar refractivity (Wildman–Crippen MR) is 82.0 cm³/mol. The maximum atomic E-state index is 5.30. The lowest BCUT2D eigenvalue weighted by atomic mass is 10.2. The molecule has 1 aliphatic rings. The minimum absolute atomic E-state index is 0.761. The Labute approximate surface area is 121 Å². The summed E-state index contributed by atoms with van der Waals surface area (Å²) in [5.74, 6) is 1.52. The van der Waals surface area contributed by atoms with E-state index in [4.69, 9.17) is 9.47 Å². The average Bonchev–Trinajstić information content (AvgIpc) is 2.49. The number of hydrogen-bond donors (Lipinski definition) is 1. The van der Waals surface area contributed by atoms with Crippen LogP contribution < -0.4 is 14.8 Å². The van der Waals surface area contributed by atoms with Crippen molar-refractivity contribution in [3.63, 3.8) is 0 Å². The van der Waals surface area contributed by atoms with Gasteiger partial charge in [-0.1, -0.05) is 0 Å². The van der Waals surface area contributed by atoms with Crippen LogP contribution in [0.4, 0.5) is 5.69 Å². The molecule has 2 rings (SSSR count). The first-order chi connectivity index (χ1) is 9.72. The van der Waals surface area contributed by atoms with Crippen molar-refractivity contribution in [1.82, 2.24) is 9.80 Å². The van der Waals surface area contributed by atoms with Gasteiger partial charge in [-0.3, -0.25) is 4.90 Å². The molecule has 1 aromatic carbocycles. The van der Waals surface area contributed by atoms with E-state index in [1.54, 1.807) is 14.2 Å². The van der Waals surface area contributed by atoms with Gasteiger partial charge >= 0.3 is 0 Å². The second-order valence-electron chi connectivity index (χ2n) is 5.14. The van der Waals surface area contributed by atoms with Crippen LogP contribution in [0.15, 0.2) is 18.2 Å². The number of ether oxygens (including phenoxy) is 2. The third-order valence-electron chi connectivity index (χ3n) is 3.74. The van der Waals surface area contributed by atoms with Crippen molar-refractivity contribution in [2.45, 2.75) is 0 Å². The molecule has 1 N–H and O–H groups in total. The van der Waals surface area contributed by atoms with Gasteiger partial charge in [0.1, 0.15) is 0 Å². The van der Waals surface area contributed by atoms with Crippen molar-refractivity contribution in [3.05, 3.63) is 18.2 Å². The Morgan fingerprint density at radius 2 is 1.75 bits per heavy atom. The lowest BCUT2D eigenvalue weighted by Crippen LogP contribution is -2.45. The molecule has 0 aromatic heterocycles. The van der Waals surface area contributed by atoms with E-state index in [1.807, 2.05) is 18.2 Å². The SMILES string of the molecule is COc1ccc(NCCN2CCN(C)CC2)cc1OC. The Morgan fingerprint density at radius 1 is 1.05 bits per heavy atom. The molecule has 0 saturated carbocycles. The van der Waals surface area contributed by atoms with Crippen LogP contribution in [0.2, 0.25) is 0 Å². The highest BCUT2D eigenvalue weighted by atomic mass is 16.5. The Hall–Kier alpha value is -1.46. The van der Waals surface area contributed by atoms with E-state index in [0.29, 0.717) is 0 Å². The predicted octanol–water partition coefficient (Wildman–Crippen LogP) is 1.36. The van der Waals surface area contributed by atoms with E-state index in [0.717, 1.165) is 56.5 Å². The van der Waals surface area contributed by atoms with Gasteiger partial charge in [0, 0.05) is 51.0 Å². The highest BCUT2D eigenvalue weighted by molar-refractivity contribution is 5.54. The largest absolute Gasteiger partial charge is 0.493 e. The summed E-state index contributed by atoms with van der Waals surface area (Å²) in [5.41, 5.74) is 1.07. The van der Waals surface area contributed by atoms with Crippen molar-refractivity contribution in [1.29, 1.82) is 0 Å². The van der Waals surface area contributed by atoms with Gasteiger partial charge in [-0.2, -0.15) is 0 Å². The maximum Gasteiger partial charge on any atom is 0.162 e. The van der Waals surface area contributed by atoms with E-state index in [2.05, 4.69) is 22.2 Å².